The zero-order valence-corrected chi connectivity index (χ0v) is 12.0. The minimum absolute atomic E-state index is 0.0731. The molecule has 0 heterocycles. The van der Waals surface area contributed by atoms with Crippen molar-refractivity contribution in [2.24, 2.45) is 11.8 Å². The Balaban J connectivity index is 2.11. The molecule has 1 aliphatic rings. The Morgan fingerprint density at radius 2 is 2.05 bits per heavy atom. The molecule has 0 aliphatic heterocycles. The number of rotatable bonds is 3. The van der Waals surface area contributed by atoms with Crippen molar-refractivity contribution < 1.29 is 14.7 Å². The first-order valence-corrected chi connectivity index (χ1v) is 7.03. The molecule has 21 heavy (non-hydrogen) atoms. The summed E-state index contributed by atoms with van der Waals surface area (Å²) >= 11 is 0. The van der Waals surface area contributed by atoms with Gasteiger partial charge in [0.05, 0.1) is 17.6 Å². The minimum atomic E-state index is -0.818. The molecule has 2 atom stereocenters. The maximum atomic E-state index is 12.5. The lowest BCUT2D eigenvalue weighted by Gasteiger charge is -2.29. The van der Waals surface area contributed by atoms with E-state index in [0.717, 1.165) is 12.8 Å². The molecule has 0 spiro atoms. The molecule has 1 aliphatic carbocycles. The zero-order chi connectivity index (χ0) is 15.4. The van der Waals surface area contributed by atoms with Crippen molar-refractivity contribution in [3.8, 4) is 6.07 Å². The molecule has 1 amide bonds. The van der Waals surface area contributed by atoms with E-state index in [9.17, 15) is 9.59 Å². The van der Waals surface area contributed by atoms with E-state index in [1.807, 2.05) is 6.07 Å². The average molecular weight is 286 g/mol. The van der Waals surface area contributed by atoms with Crippen LogP contribution in [-0.4, -0.2) is 24.0 Å². The summed E-state index contributed by atoms with van der Waals surface area (Å²) < 4.78 is 0. The highest BCUT2D eigenvalue weighted by molar-refractivity contribution is 5.95. The SMILES string of the molecule is CN(C(=O)C1CCCC(C(=O)O)C1)c1cccc(C#N)c1. The van der Waals surface area contributed by atoms with Crippen molar-refractivity contribution in [3.05, 3.63) is 29.8 Å². The van der Waals surface area contributed by atoms with Gasteiger partial charge >= 0.3 is 5.97 Å². The highest BCUT2D eigenvalue weighted by Crippen LogP contribution is 2.31. The maximum absolute atomic E-state index is 12.5. The molecule has 110 valence electrons. The Bertz CT molecular complexity index is 591. The highest BCUT2D eigenvalue weighted by Gasteiger charge is 2.32. The molecule has 1 saturated carbocycles. The van der Waals surface area contributed by atoms with Crippen LogP contribution < -0.4 is 4.90 Å². The van der Waals surface area contributed by atoms with Gasteiger partial charge < -0.3 is 10.0 Å². The third-order valence-electron chi connectivity index (χ3n) is 4.07. The predicted molar refractivity (Wildman–Crippen MR) is 77.7 cm³/mol. The molecule has 2 rings (SSSR count). The number of anilines is 1. The van der Waals surface area contributed by atoms with E-state index in [4.69, 9.17) is 10.4 Å². The van der Waals surface area contributed by atoms with Crippen LogP contribution in [0, 0.1) is 23.2 Å². The van der Waals surface area contributed by atoms with Gasteiger partial charge in [-0.25, -0.2) is 0 Å². The second-order valence-corrected chi connectivity index (χ2v) is 5.46. The first-order valence-electron chi connectivity index (χ1n) is 7.03. The van der Waals surface area contributed by atoms with Gasteiger partial charge in [-0.2, -0.15) is 5.26 Å². The number of hydrogen-bond donors (Lipinski definition) is 1. The van der Waals surface area contributed by atoms with Gasteiger partial charge in [-0.05, 0) is 37.5 Å². The molecule has 1 aromatic rings. The van der Waals surface area contributed by atoms with E-state index in [2.05, 4.69) is 0 Å². The number of nitrogens with zero attached hydrogens (tertiary/aromatic N) is 2. The molecule has 1 fully saturated rings. The fraction of sp³-hybridized carbons (Fsp3) is 0.438. The molecule has 2 unspecified atom stereocenters. The molecule has 5 nitrogen and oxygen atoms in total. The molecular formula is C16H18N2O3. The number of benzene rings is 1. The van der Waals surface area contributed by atoms with E-state index in [0.29, 0.717) is 24.1 Å². The Labute approximate surface area is 123 Å². The minimum Gasteiger partial charge on any atom is -0.481 e. The number of amides is 1. The van der Waals surface area contributed by atoms with Crippen molar-refractivity contribution in [2.45, 2.75) is 25.7 Å². The summed E-state index contributed by atoms with van der Waals surface area (Å²) in [5.74, 6) is -1.57. The van der Waals surface area contributed by atoms with E-state index in [-0.39, 0.29) is 11.8 Å². The second-order valence-electron chi connectivity index (χ2n) is 5.46. The lowest BCUT2D eigenvalue weighted by Crippen LogP contribution is -2.36. The summed E-state index contributed by atoms with van der Waals surface area (Å²) in [7, 11) is 1.67. The van der Waals surface area contributed by atoms with Crippen molar-refractivity contribution in [2.75, 3.05) is 11.9 Å². The molecule has 0 saturated heterocycles. The number of hydrogen-bond acceptors (Lipinski definition) is 3. The topological polar surface area (TPSA) is 81.4 Å². The highest BCUT2D eigenvalue weighted by atomic mass is 16.4. The van der Waals surface area contributed by atoms with Crippen molar-refractivity contribution in [1.82, 2.24) is 0 Å². The summed E-state index contributed by atoms with van der Waals surface area (Å²) in [5.41, 5.74) is 1.16. The summed E-state index contributed by atoms with van der Waals surface area (Å²) in [6, 6.07) is 8.90. The second kappa shape index (κ2) is 6.40. The van der Waals surface area contributed by atoms with Crippen LogP contribution in [0.15, 0.2) is 24.3 Å². The summed E-state index contributed by atoms with van der Waals surface area (Å²) in [6.07, 6.45) is 2.54. The largest absolute Gasteiger partial charge is 0.481 e. The van der Waals surface area contributed by atoms with Crippen LogP contribution in [0.4, 0.5) is 5.69 Å². The fourth-order valence-electron chi connectivity index (χ4n) is 2.82. The Morgan fingerprint density at radius 1 is 1.33 bits per heavy atom. The molecule has 0 bridgehead atoms. The van der Waals surface area contributed by atoms with Gasteiger partial charge in [0, 0.05) is 18.7 Å². The molecule has 1 N–H and O–H groups in total. The Hall–Kier alpha value is -2.35. The first kappa shape index (κ1) is 15.0. The summed E-state index contributed by atoms with van der Waals surface area (Å²) in [5, 5.41) is 18.0. The quantitative estimate of drug-likeness (QED) is 0.925. The van der Waals surface area contributed by atoms with Gasteiger partial charge in [-0.1, -0.05) is 12.5 Å². The average Bonchev–Trinajstić information content (AvgIpc) is 2.53. The lowest BCUT2D eigenvalue weighted by molar-refractivity contribution is -0.143. The molecular weight excluding hydrogens is 268 g/mol. The van der Waals surface area contributed by atoms with Crippen molar-refractivity contribution >= 4 is 17.6 Å². The van der Waals surface area contributed by atoms with Crippen molar-refractivity contribution in [3.63, 3.8) is 0 Å². The van der Waals surface area contributed by atoms with Gasteiger partial charge in [-0.15, -0.1) is 0 Å². The number of nitriles is 1. The van der Waals surface area contributed by atoms with Crippen LogP contribution in [0.25, 0.3) is 0 Å². The Morgan fingerprint density at radius 3 is 2.71 bits per heavy atom. The number of aliphatic carboxylic acids is 1. The molecule has 0 radical (unpaired) electrons. The number of carbonyl (C=O) groups is 2. The van der Waals surface area contributed by atoms with Gasteiger partial charge in [0.25, 0.3) is 0 Å². The molecule has 0 aromatic heterocycles. The summed E-state index contributed by atoms with van der Waals surface area (Å²) in [4.78, 5) is 25.1. The van der Waals surface area contributed by atoms with Crippen LogP contribution in [0.1, 0.15) is 31.2 Å². The molecule has 5 heteroatoms. The number of carboxylic acids is 1. The van der Waals surface area contributed by atoms with Gasteiger partial charge in [0.15, 0.2) is 0 Å². The lowest BCUT2D eigenvalue weighted by atomic mass is 9.80. The fourth-order valence-corrected chi connectivity index (χ4v) is 2.82. The summed E-state index contributed by atoms with van der Waals surface area (Å²) in [6.45, 7) is 0. The monoisotopic (exact) mass is 286 g/mol. The van der Waals surface area contributed by atoms with Crippen LogP contribution in [-0.2, 0) is 9.59 Å². The molecule has 1 aromatic carbocycles. The van der Waals surface area contributed by atoms with Gasteiger partial charge in [0.1, 0.15) is 0 Å². The maximum Gasteiger partial charge on any atom is 0.306 e. The predicted octanol–water partition coefficient (Wildman–Crippen LogP) is 2.41. The van der Waals surface area contributed by atoms with E-state index in [1.54, 1.807) is 31.3 Å². The van der Waals surface area contributed by atoms with E-state index in [1.165, 1.54) is 4.90 Å². The van der Waals surface area contributed by atoms with Gasteiger partial charge in [-0.3, -0.25) is 9.59 Å². The van der Waals surface area contributed by atoms with Crippen molar-refractivity contribution in [1.29, 1.82) is 5.26 Å². The van der Waals surface area contributed by atoms with Gasteiger partial charge in [0.2, 0.25) is 5.91 Å². The van der Waals surface area contributed by atoms with Crippen LogP contribution in [0.2, 0.25) is 0 Å². The normalized spacial score (nSPS) is 21.3. The van der Waals surface area contributed by atoms with Crippen LogP contribution in [0.5, 0.6) is 0 Å². The van der Waals surface area contributed by atoms with Crippen LogP contribution in [0.3, 0.4) is 0 Å². The standard InChI is InChI=1S/C16H18N2O3/c1-18(14-7-2-4-11(8-14)10-17)15(19)12-5-3-6-13(9-12)16(20)21/h2,4,7-8,12-13H,3,5-6,9H2,1H3,(H,20,21). The number of carbonyl (C=O) groups excluding carboxylic acids is 1. The third-order valence-corrected chi connectivity index (χ3v) is 4.07. The smallest absolute Gasteiger partial charge is 0.306 e. The van der Waals surface area contributed by atoms with E-state index >= 15 is 0 Å². The van der Waals surface area contributed by atoms with E-state index < -0.39 is 11.9 Å². The third kappa shape index (κ3) is 3.40. The first-order chi connectivity index (χ1) is 10.0. The Kier molecular flexibility index (Phi) is 4.59. The number of carboxylic acid groups (broad SMARTS) is 1. The zero-order valence-electron chi connectivity index (χ0n) is 12.0. The van der Waals surface area contributed by atoms with Crippen LogP contribution >= 0.6 is 0 Å².